The second kappa shape index (κ2) is 5.23. The summed E-state index contributed by atoms with van der Waals surface area (Å²) < 4.78 is 5.38. The molecule has 0 saturated carbocycles. The topological polar surface area (TPSA) is 49.7 Å². The van der Waals surface area contributed by atoms with Crippen LogP contribution in [0.3, 0.4) is 0 Å². The van der Waals surface area contributed by atoms with Gasteiger partial charge in [-0.15, -0.1) is 0 Å². The molecule has 0 heterocycles. The molecule has 5 heteroatoms. The molecule has 0 atom stereocenters. The first-order chi connectivity index (χ1) is 7.33. The van der Waals surface area contributed by atoms with Crippen LogP contribution < -0.4 is 4.74 Å². The lowest BCUT2D eigenvalue weighted by Gasteiger charge is -2.20. The Kier molecular flexibility index (Phi) is 4.44. The zero-order chi connectivity index (χ0) is 12.3. The van der Waals surface area contributed by atoms with Crippen molar-refractivity contribution < 1.29 is 14.9 Å². The summed E-state index contributed by atoms with van der Waals surface area (Å²) in [4.78, 5) is 0. The molecule has 1 aromatic rings. The van der Waals surface area contributed by atoms with Crippen molar-refractivity contribution in [2.45, 2.75) is 26.1 Å². The van der Waals surface area contributed by atoms with Crippen molar-refractivity contribution in [1.82, 2.24) is 0 Å². The number of hydrogen-bond donors (Lipinski definition) is 2. The molecule has 0 fully saturated rings. The second-order valence-corrected chi connectivity index (χ2v) is 4.98. The van der Waals surface area contributed by atoms with Crippen molar-refractivity contribution in [3.05, 3.63) is 27.7 Å². The Morgan fingerprint density at radius 2 is 1.94 bits per heavy atom. The molecule has 0 aliphatic carbocycles. The van der Waals surface area contributed by atoms with Gasteiger partial charge in [-0.05, 0) is 26.0 Å². The maximum absolute atomic E-state index is 9.53. The monoisotopic (exact) mass is 264 g/mol. The van der Waals surface area contributed by atoms with Crippen LogP contribution in [0.5, 0.6) is 5.75 Å². The van der Waals surface area contributed by atoms with E-state index in [9.17, 15) is 5.11 Å². The molecule has 1 rings (SSSR count). The zero-order valence-electron chi connectivity index (χ0n) is 9.13. The standard InChI is InChI=1S/C11H14Cl2O3/c1-11(2,15)6-16-10-7(5-14)3-8(12)4-9(10)13/h3-4,14-15H,5-6H2,1-2H3. The number of rotatable bonds is 4. The van der Waals surface area contributed by atoms with Crippen molar-refractivity contribution in [2.75, 3.05) is 6.61 Å². The van der Waals surface area contributed by atoms with Gasteiger partial charge >= 0.3 is 0 Å². The van der Waals surface area contributed by atoms with Gasteiger partial charge in [0.25, 0.3) is 0 Å². The first-order valence-electron chi connectivity index (χ1n) is 4.77. The number of aliphatic hydroxyl groups is 2. The highest BCUT2D eigenvalue weighted by molar-refractivity contribution is 6.35. The highest BCUT2D eigenvalue weighted by Gasteiger charge is 2.17. The van der Waals surface area contributed by atoms with Crippen LogP contribution in [0.2, 0.25) is 10.0 Å². The van der Waals surface area contributed by atoms with Gasteiger partial charge in [-0.3, -0.25) is 0 Å². The Labute approximate surface area is 105 Å². The van der Waals surface area contributed by atoms with Crippen LogP contribution in [0.15, 0.2) is 12.1 Å². The SMILES string of the molecule is CC(C)(O)COc1c(Cl)cc(Cl)cc1CO. The minimum Gasteiger partial charge on any atom is -0.489 e. The Bertz CT molecular complexity index is 372. The number of benzene rings is 1. The van der Waals surface area contributed by atoms with Gasteiger partial charge in [-0.1, -0.05) is 23.2 Å². The van der Waals surface area contributed by atoms with E-state index in [1.54, 1.807) is 19.9 Å². The van der Waals surface area contributed by atoms with Gasteiger partial charge in [-0.2, -0.15) is 0 Å². The molecule has 0 amide bonds. The number of halogens is 2. The average molecular weight is 265 g/mol. The predicted molar refractivity (Wildman–Crippen MR) is 64.2 cm³/mol. The van der Waals surface area contributed by atoms with E-state index in [0.717, 1.165) is 0 Å². The van der Waals surface area contributed by atoms with E-state index in [2.05, 4.69) is 0 Å². The minimum atomic E-state index is -0.963. The normalized spacial score (nSPS) is 11.6. The molecule has 16 heavy (non-hydrogen) atoms. The Morgan fingerprint density at radius 3 is 2.44 bits per heavy atom. The first-order valence-corrected chi connectivity index (χ1v) is 5.53. The van der Waals surface area contributed by atoms with Crippen LogP contribution in [0, 0.1) is 0 Å². The van der Waals surface area contributed by atoms with Crippen LogP contribution in [0.4, 0.5) is 0 Å². The summed E-state index contributed by atoms with van der Waals surface area (Å²) in [6.07, 6.45) is 0. The smallest absolute Gasteiger partial charge is 0.143 e. The van der Waals surface area contributed by atoms with E-state index in [-0.39, 0.29) is 13.2 Å². The van der Waals surface area contributed by atoms with E-state index in [4.69, 9.17) is 33.0 Å². The molecular formula is C11H14Cl2O3. The molecule has 0 aliphatic heterocycles. The van der Waals surface area contributed by atoms with Gasteiger partial charge in [0, 0.05) is 10.6 Å². The third kappa shape index (κ3) is 3.83. The lowest BCUT2D eigenvalue weighted by molar-refractivity contribution is 0.0278. The quantitative estimate of drug-likeness (QED) is 0.879. The van der Waals surface area contributed by atoms with Gasteiger partial charge in [0.2, 0.25) is 0 Å². The van der Waals surface area contributed by atoms with Crippen LogP contribution in [-0.2, 0) is 6.61 Å². The van der Waals surface area contributed by atoms with Gasteiger partial charge < -0.3 is 14.9 Å². The van der Waals surface area contributed by atoms with Crippen LogP contribution in [0.1, 0.15) is 19.4 Å². The fourth-order valence-electron chi connectivity index (χ4n) is 1.14. The van der Waals surface area contributed by atoms with Gasteiger partial charge in [-0.25, -0.2) is 0 Å². The van der Waals surface area contributed by atoms with Crippen molar-refractivity contribution in [3.63, 3.8) is 0 Å². The lowest BCUT2D eigenvalue weighted by Crippen LogP contribution is -2.28. The summed E-state index contributed by atoms with van der Waals surface area (Å²) in [7, 11) is 0. The highest BCUT2D eigenvalue weighted by Crippen LogP contribution is 2.32. The summed E-state index contributed by atoms with van der Waals surface area (Å²) >= 11 is 11.7. The zero-order valence-corrected chi connectivity index (χ0v) is 10.6. The molecule has 0 bridgehead atoms. The Balaban J connectivity index is 2.94. The molecular weight excluding hydrogens is 251 g/mol. The molecule has 0 unspecified atom stereocenters. The number of ether oxygens (including phenoxy) is 1. The minimum absolute atomic E-state index is 0.0847. The van der Waals surface area contributed by atoms with Gasteiger partial charge in [0.1, 0.15) is 12.4 Å². The number of aliphatic hydroxyl groups excluding tert-OH is 1. The van der Waals surface area contributed by atoms with E-state index >= 15 is 0 Å². The molecule has 0 saturated heterocycles. The van der Waals surface area contributed by atoms with Crippen LogP contribution in [-0.4, -0.2) is 22.4 Å². The molecule has 3 nitrogen and oxygen atoms in total. The average Bonchev–Trinajstić information content (AvgIpc) is 2.13. The highest BCUT2D eigenvalue weighted by atomic mass is 35.5. The van der Waals surface area contributed by atoms with E-state index < -0.39 is 5.60 Å². The van der Waals surface area contributed by atoms with Crippen molar-refractivity contribution in [3.8, 4) is 5.75 Å². The van der Waals surface area contributed by atoms with Crippen LogP contribution in [0.25, 0.3) is 0 Å². The number of hydrogen-bond acceptors (Lipinski definition) is 3. The second-order valence-electron chi connectivity index (χ2n) is 4.14. The molecule has 90 valence electrons. The molecule has 0 spiro atoms. The Hall–Kier alpha value is -0.480. The maximum atomic E-state index is 9.53. The molecule has 2 N–H and O–H groups in total. The Morgan fingerprint density at radius 1 is 1.31 bits per heavy atom. The lowest BCUT2D eigenvalue weighted by atomic mass is 10.1. The van der Waals surface area contributed by atoms with Crippen molar-refractivity contribution >= 4 is 23.2 Å². The fourth-order valence-corrected chi connectivity index (χ4v) is 1.73. The molecule has 0 radical (unpaired) electrons. The summed E-state index contributed by atoms with van der Waals surface area (Å²) in [6, 6.07) is 3.11. The first kappa shape index (κ1) is 13.6. The molecule has 0 aliphatic rings. The van der Waals surface area contributed by atoms with E-state index in [0.29, 0.717) is 21.4 Å². The van der Waals surface area contributed by atoms with E-state index in [1.165, 1.54) is 6.07 Å². The predicted octanol–water partition coefficient (Wildman–Crippen LogP) is 2.64. The third-order valence-electron chi connectivity index (χ3n) is 1.83. The molecule has 0 aromatic heterocycles. The fraction of sp³-hybridized carbons (Fsp3) is 0.455. The third-order valence-corrected chi connectivity index (χ3v) is 2.32. The van der Waals surface area contributed by atoms with Gasteiger partial charge in [0.05, 0.1) is 17.2 Å². The molecule has 1 aromatic carbocycles. The van der Waals surface area contributed by atoms with E-state index in [1.807, 2.05) is 0 Å². The van der Waals surface area contributed by atoms with Crippen molar-refractivity contribution in [2.24, 2.45) is 0 Å². The van der Waals surface area contributed by atoms with Crippen LogP contribution >= 0.6 is 23.2 Å². The summed E-state index contributed by atoms with van der Waals surface area (Å²) in [5.74, 6) is 0.357. The summed E-state index contributed by atoms with van der Waals surface area (Å²) in [5.41, 5.74) is -0.461. The largest absolute Gasteiger partial charge is 0.489 e. The van der Waals surface area contributed by atoms with Gasteiger partial charge in [0.15, 0.2) is 0 Å². The summed E-state index contributed by atoms with van der Waals surface area (Å²) in [5, 5.41) is 19.4. The maximum Gasteiger partial charge on any atom is 0.143 e. The van der Waals surface area contributed by atoms with Crippen molar-refractivity contribution in [1.29, 1.82) is 0 Å². The summed E-state index contributed by atoms with van der Waals surface area (Å²) in [6.45, 7) is 3.10.